The van der Waals surface area contributed by atoms with Crippen LogP contribution in [0.5, 0.6) is 0 Å². The zero-order valence-corrected chi connectivity index (χ0v) is 8.77. The molecule has 0 aromatic heterocycles. The van der Waals surface area contributed by atoms with Crippen LogP contribution in [-0.2, 0) is 0 Å². The SMILES string of the molecule is CCN1CCCCC1C#CCNC. The number of nitrogens with one attached hydrogen (secondary N) is 1. The summed E-state index contributed by atoms with van der Waals surface area (Å²) in [6.45, 7) is 5.40. The zero-order valence-electron chi connectivity index (χ0n) is 8.77. The average molecular weight is 180 g/mol. The van der Waals surface area contributed by atoms with E-state index in [2.05, 4.69) is 29.0 Å². The molecule has 74 valence electrons. The van der Waals surface area contributed by atoms with Crippen molar-refractivity contribution in [2.75, 3.05) is 26.7 Å². The van der Waals surface area contributed by atoms with Gasteiger partial charge in [0.25, 0.3) is 0 Å². The molecule has 0 aliphatic carbocycles. The van der Waals surface area contributed by atoms with Crippen LogP contribution in [0.4, 0.5) is 0 Å². The molecule has 0 aromatic carbocycles. The van der Waals surface area contributed by atoms with E-state index in [1.807, 2.05) is 7.05 Å². The Morgan fingerprint density at radius 2 is 2.31 bits per heavy atom. The first-order valence-corrected chi connectivity index (χ1v) is 5.25. The van der Waals surface area contributed by atoms with Crippen LogP contribution >= 0.6 is 0 Å². The van der Waals surface area contributed by atoms with Crippen molar-refractivity contribution < 1.29 is 0 Å². The molecular formula is C11H20N2. The van der Waals surface area contributed by atoms with E-state index >= 15 is 0 Å². The maximum atomic E-state index is 3.34. The molecule has 0 spiro atoms. The average Bonchev–Trinajstić information content (AvgIpc) is 2.19. The summed E-state index contributed by atoms with van der Waals surface area (Å²) in [5, 5.41) is 3.05. The van der Waals surface area contributed by atoms with E-state index in [1.54, 1.807) is 0 Å². The van der Waals surface area contributed by atoms with Gasteiger partial charge >= 0.3 is 0 Å². The second-order valence-corrected chi connectivity index (χ2v) is 3.49. The molecule has 0 saturated carbocycles. The van der Waals surface area contributed by atoms with Gasteiger partial charge in [-0.15, -0.1) is 0 Å². The fraction of sp³-hybridized carbons (Fsp3) is 0.818. The number of likely N-dealkylation sites (tertiary alicyclic amines) is 1. The molecule has 1 saturated heterocycles. The standard InChI is InChI=1S/C11H20N2/c1-3-13-10-5-4-7-11(13)8-6-9-12-2/h11-12H,3-5,7,9-10H2,1-2H3. The van der Waals surface area contributed by atoms with Crippen molar-refractivity contribution >= 4 is 0 Å². The van der Waals surface area contributed by atoms with Crippen LogP contribution in [-0.4, -0.2) is 37.6 Å². The third-order valence-electron chi connectivity index (χ3n) is 2.55. The first-order valence-electron chi connectivity index (χ1n) is 5.25. The fourth-order valence-corrected chi connectivity index (χ4v) is 1.79. The predicted octanol–water partition coefficient (Wildman–Crippen LogP) is 1.08. The first kappa shape index (κ1) is 10.6. The van der Waals surface area contributed by atoms with Gasteiger partial charge in [0.2, 0.25) is 0 Å². The zero-order chi connectivity index (χ0) is 9.52. The molecule has 1 unspecified atom stereocenters. The summed E-state index contributed by atoms with van der Waals surface area (Å²) in [6.07, 6.45) is 3.94. The van der Waals surface area contributed by atoms with Crippen molar-refractivity contribution in [3.8, 4) is 11.8 Å². The topological polar surface area (TPSA) is 15.3 Å². The van der Waals surface area contributed by atoms with Gasteiger partial charge in [-0.3, -0.25) is 4.90 Å². The van der Waals surface area contributed by atoms with Gasteiger partial charge in [0, 0.05) is 0 Å². The minimum absolute atomic E-state index is 0.520. The molecular weight excluding hydrogens is 160 g/mol. The van der Waals surface area contributed by atoms with Crippen LogP contribution in [0.15, 0.2) is 0 Å². The van der Waals surface area contributed by atoms with Crippen LogP contribution in [0, 0.1) is 11.8 Å². The van der Waals surface area contributed by atoms with E-state index in [4.69, 9.17) is 0 Å². The molecule has 1 N–H and O–H groups in total. The molecule has 1 fully saturated rings. The van der Waals surface area contributed by atoms with Crippen molar-refractivity contribution in [1.82, 2.24) is 10.2 Å². The lowest BCUT2D eigenvalue weighted by Gasteiger charge is -2.31. The van der Waals surface area contributed by atoms with E-state index in [0.29, 0.717) is 6.04 Å². The van der Waals surface area contributed by atoms with E-state index in [9.17, 15) is 0 Å². The Morgan fingerprint density at radius 1 is 1.46 bits per heavy atom. The Morgan fingerprint density at radius 3 is 3.00 bits per heavy atom. The summed E-state index contributed by atoms with van der Waals surface area (Å²) >= 11 is 0. The molecule has 1 aliphatic rings. The van der Waals surface area contributed by atoms with Crippen LogP contribution in [0.2, 0.25) is 0 Å². The highest BCUT2D eigenvalue weighted by molar-refractivity contribution is 5.10. The van der Waals surface area contributed by atoms with E-state index in [0.717, 1.165) is 13.1 Å². The Bertz CT molecular complexity index is 190. The summed E-state index contributed by atoms with van der Waals surface area (Å²) in [5.41, 5.74) is 0. The van der Waals surface area contributed by atoms with Gasteiger partial charge in [0.1, 0.15) is 0 Å². The fourth-order valence-electron chi connectivity index (χ4n) is 1.79. The maximum absolute atomic E-state index is 3.34. The number of rotatable bonds is 2. The molecule has 0 aromatic rings. The highest BCUT2D eigenvalue weighted by Gasteiger charge is 2.17. The molecule has 13 heavy (non-hydrogen) atoms. The summed E-state index contributed by atoms with van der Waals surface area (Å²) in [5.74, 6) is 6.50. The number of hydrogen-bond acceptors (Lipinski definition) is 2. The highest BCUT2D eigenvalue weighted by Crippen LogP contribution is 2.15. The van der Waals surface area contributed by atoms with Crippen LogP contribution < -0.4 is 5.32 Å². The van der Waals surface area contributed by atoms with Gasteiger partial charge < -0.3 is 5.32 Å². The van der Waals surface area contributed by atoms with Gasteiger partial charge in [0.05, 0.1) is 12.6 Å². The maximum Gasteiger partial charge on any atom is 0.0714 e. The molecule has 2 heteroatoms. The molecule has 1 atom stereocenters. The number of piperidine rings is 1. The van der Waals surface area contributed by atoms with Crippen molar-refractivity contribution in [2.45, 2.75) is 32.2 Å². The summed E-state index contributed by atoms with van der Waals surface area (Å²) < 4.78 is 0. The van der Waals surface area contributed by atoms with Gasteiger partial charge in [-0.1, -0.05) is 18.8 Å². The summed E-state index contributed by atoms with van der Waals surface area (Å²) in [7, 11) is 1.94. The van der Waals surface area contributed by atoms with E-state index < -0.39 is 0 Å². The summed E-state index contributed by atoms with van der Waals surface area (Å²) in [4.78, 5) is 2.48. The third-order valence-corrected chi connectivity index (χ3v) is 2.55. The quantitative estimate of drug-likeness (QED) is 0.640. The Labute approximate surface area is 81.7 Å². The molecule has 1 heterocycles. The van der Waals surface area contributed by atoms with E-state index in [1.165, 1.54) is 25.8 Å². The minimum atomic E-state index is 0.520. The minimum Gasteiger partial charge on any atom is -0.309 e. The van der Waals surface area contributed by atoms with Crippen LogP contribution in [0.25, 0.3) is 0 Å². The molecule has 0 bridgehead atoms. The lowest BCUT2D eigenvalue weighted by atomic mass is 10.0. The third kappa shape index (κ3) is 3.38. The monoisotopic (exact) mass is 180 g/mol. The van der Waals surface area contributed by atoms with Gasteiger partial charge in [-0.05, 0) is 39.4 Å². The van der Waals surface area contributed by atoms with Crippen molar-refractivity contribution in [1.29, 1.82) is 0 Å². The van der Waals surface area contributed by atoms with Crippen LogP contribution in [0.1, 0.15) is 26.2 Å². The van der Waals surface area contributed by atoms with Gasteiger partial charge in [-0.2, -0.15) is 0 Å². The van der Waals surface area contributed by atoms with Crippen LogP contribution in [0.3, 0.4) is 0 Å². The van der Waals surface area contributed by atoms with Crippen molar-refractivity contribution in [3.63, 3.8) is 0 Å². The lowest BCUT2D eigenvalue weighted by Crippen LogP contribution is -2.38. The summed E-state index contributed by atoms with van der Waals surface area (Å²) in [6, 6.07) is 0.520. The Kier molecular flexibility index (Phi) is 4.88. The molecule has 1 aliphatic heterocycles. The molecule has 1 rings (SSSR count). The van der Waals surface area contributed by atoms with Gasteiger partial charge in [-0.25, -0.2) is 0 Å². The van der Waals surface area contributed by atoms with Crippen molar-refractivity contribution in [2.24, 2.45) is 0 Å². The predicted molar refractivity (Wildman–Crippen MR) is 56.6 cm³/mol. The van der Waals surface area contributed by atoms with Crippen molar-refractivity contribution in [3.05, 3.63) is 0 Å². The molecule has 2 nitrogen and oxygen atoms in total. The lowest BCUT2D eigenvalue weighted by molar-refractivity contribution is 0.196. The molecule has 0 radical (unpaired) electrons. The second-order valence-electron chi connectivity index (χ2n) is 3.49. The second kappa shape index (κ2) is 6.01. The van der Waals surface area contributed by atoms with Gasteiger partial charge in [0.15, 0.2) is 0 Å². The van der Waals surface area contributed by atoms with E-state index in [-0.39, 0.29) is 0 Å². The number of nitrogens with zero attached hydrogens (tertiary/aromatic N) is 1. The Hall–Kier alpha value is -0.520. The largest absolute Gasteiger partial charge is 0.309 e. The normalized spacial score (nSPS) is 23.7. The smallest absolute Gasteiger partial charge is 0.0714 e. The first-order chi connectivity index (χ1) is 6.38. The Balaban J connectivity index is 2.41. The number of hydrogen-bond donors (Lipinski definition) is 1. The highest BCUT2D eigenvalue weighted by atomic mass is 15.1. The molecule has 0 amide bonds.